The standard InChI is InChI=1S/C20H25N5O.C2HF3O2/c1-22(2)15-7-12-24(13-8-15)20(26)16-14-19(17-9-11-23(3)21-17)25-10-5-4-6-18(16)25;3-2(4,5)1(6)7/h4-6,9-11,14-15H,7-8,12-13H2,1-3H3;(H,6,7). The lowest BCUT2D eigenvalue weighted by atomic mass is 10.0. The third-order valence-corrected chi connectivity index (χ3v) is 5.61. The highest BCUT2D eigenvalue weighted by molar-refractivity contribution is 6.02. The van der Waals surface area contributed by atoms with Gasteiger partial charge in [0.15, 0.2) is 0 Å². The van der Waals surface area contributed by atoms with Crippen molar-refractivity contribution in [3.05, 3.63) is 48.3 Å². The highest BCUT2D eigenvalue weighted by Crippen LogP contribution is 2.27. The fraction of sp³-hybridized carbons (Fsp3) is 0.409. The van der Waals surface area contributed by atoms with Crippen molar-refractivity contribution in [2.45, 2.75) is 25.1 Å². The zero-order valence-corrected chi connectivity index (χ0v) is 18.6. The largest absolute Gasteiger partial charge is 0.490 e. The van der Waals surface area contributed by atoms with Crippen molar-refractivity contribution in [2.24, 2.45) is 7.05 Å². The van der Waals surface area contributed by atoms with Gasteiger partial charge in [-0.1, -0.05) is 6.07 Å². The van der Waals surface area contributed by atoms with Gasteiger partial charge in [-0.25, -0.2) is 4.79 Å². The maximum absolute atomic E-state index is 13.2. The fourth-order valence-electron chi connectivity index (χ4n) is 3.83. The van der Waals surface area contributed by atoms with Crippen LogP contribution in [0.1, 0.15) is 23.2 Å². The molecule has 11 heteroatoms. The molecular formula is C22H26F3N5O3. The van der Waals surface area contributed by atoms with E-state index in [9.17, 15) is 18.0 Å². The van der Waals surface area contributed by atoms with Gasteiger partial charge in [0.2, 0.25) is 0 Å². The summed E-state index contributed by atoms with van der Waals surface area (Å²) in [6.07, 6.45) is 0.884. The number of carbonyl (C=O) groups is 2. The van der Waals surface area contributed by atoms with Crippen molar-refractivity contribution < 1.29 is 27.9 Å². The number of aryl methyl sites for hydroxylation is 1. The van der Waals surface area contributed by atoms with E-state index in [-0.39, 0.29) is 5.91 Å². The number of nitrogens with zero attached hydrogens (tertiary/aromatic N) is 5. The molecule has 0 saturated carbocycles. The Balaban J connectivity index is 0.000000383. The summed E-state index contributed by atoms with van der Waals surface area (Å²) in [5.41, 5.74) is 3.52. The highest BCUT2D eigenvalue weighted by Gasteiger charge is 2.38. The van der Waals surface area contributed by atoms with Crippen molar-refractivity contribution in [3.63, 3.8) is 0 Å². The molecule has 4 rings (SSSR count). The predicted octanol–water partition coefficient (Wildman–Crippen LogP) is 3.14. The van der Waals surface area contributed by atoms with Gasteiger partial charge in [0.05, 0.1) is 16.8 Å². The average Bonchev–Trinajstić information content (AvgIpc) is 3.36. The second kappa shape index (κ2) is 9.65. The Morgan fingerprint density at radius 3 is 2.27 bits per heavy atom. The Labute approximate surface area is 188 Å². The second-order valence-electron chi connectivity index (χ2n) is 8.06. The summed E-state index contributed by atoms with van der Waals surface area (Å²) in [5.74, 6) is -2.64. The molecule has 178 valence electrons. The Bertz CT molecular complexity index is 1130. The van der Waals surface area contributed by atoms with Gasteiger partial charge in [0.25, 0.3) is 5.91 Å². The number of aromatic nitrogens is 3. The van der Waals surface area contributed by atoms with Gasteiger partial charge in [-0.05, 0) is 51.2 Å². The van der Waals surface area contributed by atoms with E-state index in [4.69, 9.17) is 9.90 Å². The van der Waals surface area contributed by atoms with Crippen LogP contribution < -0.4 is 0 Å². The number of piperidine rings is 1. The van der Waals surface area contributed by atoms with Crippen LogP contribution in [0.3, 0.4) is 0 Å². The zero-order valence-electron chi connectivity index (χ0n) is 18.6. The first-order valence-corrected chi connectivity index (χ1v) is 10.3. The molecule has 1 amide bonds. The number of rotatable bonds is 3. The minimum atomic E-state index is -5.08. The molecule has 1 fully saturated rings. The van der Waals surface area contributed by atoms with Crippen molar-refractivity contribution >= 4 is 17.4 Å². The van der Waals surface area contributed by atoms with Crippen LogP contribution >= 0.6 is 0 Å². The number of fused-ring (bicyclic) bond motifs is 1. The van der Waals surface area contributed by atoms with Gasteiger partial charge in [0.1, 0.15) is 5.69 Å². The number of carbonyl (C=O) groups excluding carboxylic acids is 1. The summed E-state index contributed by atoms with van der Waals surface area (Å²) in [6.45, 7) is 1.62. The Hall–Kier alpha value is -3.34. The summed E-state index contributed by atoms with van der Waals surface area (Å²) in [4.78, 5) is 26.4. The van der Waals surface area contributed by atoms with E-state index in [0.29, 0.717) is 6.04 Å². The molecule has 0 bridgehead atoms. The molecule has 0 radical (unpaired) electrons. The molecule has 3 aromatic heterocycles. The maximum Gasteiger partial charge on any atom is 0.490 e. The number of hydrogen-bond acceptors (Lipinski definition) is 4. The number of pyridine rings is 1. The van der Waals surface area contributed by atoms with Crippen molar-refractivity contribution in [2.75, 3.05) is 27.2 Å². The molecule has 1 aliphatic rings. The van der Waals surface area contributed by atoms with Crippen LogP contribution in [0.25, 0.3) is 16.9 Å². The van der Waals surface area contributed by atoms with E-state index < -0.39 is 12.1 Å². The quantitative estimate of drug-likeness (QED) is 0.643. The summed E-state index contributed by atoms with van der Waals surface area (Å²) in [5, 5.41) is 11.6. The third kappa shape index (κ3) is 5.54. The summed E-state index contributed by atoms with van der Waals surface area (Å²) < 4.78 is 35.6. The lowest BCUT2D eigenvalue weighted by Crippen LogP contribution is -2.44. The van der Waals surface area contributed by atoms with Crippen LogP contribution in [0.15, 0.2) is 42.7 Å². The van der Waals surface area contributed by atoms with Crippen LogP contribution in [-0.2, 0) is 11.8 Å². The SMILES string of the molecule is CN(C)C1CCN(C(=O)c2cc(-c3ccn(C)n3)n3ccccc23)CC1.O=C(O)C(F)(F)F. The number of aliphatic carboxylic acids is 1. The monoisotopic (exact) mass is 465 g/mol. The van der Waals surface area contributed by atoms with Crippen LogP contribution in [-0.4, -0.2) is 80.4 Å². The molecule has 0 aliphatic carbocycles. The first kappa shape index (κ1) is 24.3. The van der Waals surface area contributed by atoms with Crippen molar-refractivity contribution in [1.82, 2.24) is 24.0 Å². The molecular weight excluding hydrogens is 439 g/mol. The lowest BCUT2D eigenvalue weighted by molar-refractivity contribution is -0.192. The number of amides is 1. The minimum Gasteiger partial charge on any atom is -0.475 e. The highest BCUT2D eigenvalue weighted by atomic mass is 19.4. The molecule has 1 saturated heterocycles. The van der Waals surface area contributed by atoms with Crippen LogP contribution in [0.2, 0.25) is 0 Å². The van der Waals surface area contributed by atoms with Gasteiger partial charge in [-0.15, -0.1) is 0 Å². The van der Waals surface area contributed by atoms with E-state index in [0.717, 1.165) is 48.4 Å². The molecule has 0 unspecified atom stereocenters. The summed E-state index contributed by atoms with van der Waals surface area (Å²) >= 11 is 0. The van der Waals surface area contributed by atoms with E-state index >= 15 is 0 Å². The first-order valence-electron chi connectivity index (χ1n) is 10.3. The number of likely N-dealkylation sites (tertiary alicyclic amines) is 1. The Kier molecular flexibility index (Phi) is 7.11. The van der Waals surface area contributed by atoms with E-state index in [1.807, 2.05) is 54.7 Å². The zero-order chi connectivity index (χ0) is 24.3. The number of alkyl halides is 3. The number of carboxylic acid groups (broad SMARTS) is 1. The molecule has 3 aromatic rings. The molecule has 0 atom stereocenters. The van der Waals surface area contributed by atoms with E-state index in [1.165, 1.54) is 0 Å². The maximum atomic E-state index is 13.2. The molecule has 0 aromatic carbocycles. The van der Waals surface area contributed by atoms with E-state index in [1.54, 1.807) is 4.68 Å². The van der Waals surface area contributed by atoms with Gasteiger partial charge >= 0.3 is 12.1 Å². The molecule has 4 heterocycles. The lowest BCUT2D eigenvalue weighted by Gasteiger charge is -2.35. The molecule has 1 N–H and O–H groups in total. The smallest absolute Gasteiger partial charge is 0.475 e. The van der Waals surface area contributed by atoms with E-state index in [2.05, 4.69) is 28.5 Å². The normalized spacial score (nSPS) is 14.9. The third-order valence-electron chi connectivity index (χ3n) is 5.61. The van der Waals surface area contributed by atoms with Crippen molar-refractivity contribution in [3.8, 4) is 11.4 Å². The second-order valence-corrected chi connectivity index (χ2v) is 8.06. The Morgan fingerprint density at radius 1 is 1.12 bits per heavy atom. The van der Waals surface area contributed by atoms with Gasteiger partial charge in [0, 0.05) is 38.6 Å². The Morgan fingerprint density at radius 2 is 1.76 bits per heavy atom. The van der Waals surface area contributed by atoms with Gasteiger partial charge in [-0.3, -0.25) is 9.48 Å². The summed E-state index contributed by atoms with van der Waals surface area (Å²) in [6, 6.07) is 10.5. The van der Waals surface area contributed by atoms with Crippen LogP contribution in [0.4, 0.5) is 13.2 Å². The number of carboxylic acids is 1. The number of hydrogen-bond donors (Lipinski definition) is 1. The van der Waals surface area contributed by atoms with Crippen LogP contribution in [0, 0.1) is 0 Å². The minimum absolute atomic E-state index is 0.119. The molecule has 8 nitrogen and oxygen atoms in total. The fourth-order valence-corrected chi connectivity index (χ4v) is 3.83. The first-order chi connectivity index (χ1) is 15.5. The van der Waals surface area contributed by atoms with Crippen molar-refractivity contribution in [1.29, 1.82) is 0 Å². The van der Waals surface area contributed by atoms with Crippen LogP contribution in [0.5, 0.6) is 0 Å². The molecule has 1 aliphatic heterocycles. The number of halogens is 3. The summed E-state index contributed by atoms with van der Waals surface area (Å²) in [7, 11) is 6.13. The predicted molar refractivity (Wildman–Crippen MR) is 116 cm³/mol. The van der Waals surface area contributed by atoms with Gasteiger partial charge in [-0.2, -0.15) is 18.3 Å². The molecule has 0 spiro atoms. The molecule has 33 heavy (non-hydrogen) atoms. The van der Waals surface area contributed by atoms with Gasteiger partial charge < -0.3 is 19.3 Å². The average molecular weight is 465 g/mol. The topological polar surface area (TPSA) is 83.1 Å².